The topological polar surface area (TPSA) is 91.4 Å². The number of nitrogens with zero attached hydrogens (tertiary/aromatic N) is 2. The Morgan fingerprint density at radius 2 is 2.00 bits per heavy atom. The fourth-order valence-corrected chi connectivity index (χ4v) is 3.92. The molecule has 0 aliphatic carbocycles. The molecule has 0 aromatic carbocycles. The summed E-state index contributed by atoms with van der Waals surface area (Å²) in [5.41, 5.74) is 0. The molecule has 0 spiro atoms. The number of amides is 2. The Hall–Kier alpha value is -2.44. The third-order valence-electron chi connectivity index (χ3n) is 5.81. The van der Waals surface area contributed by atoms with Gasteiger partial charge in [-0.05, 0) is 38.3 Å². The van der Waals surface area contributed by atoms with Crippen LogP contribution in [-0.4, -0.2) is 47.8 Å². The number of anilines is 1. The molecule has 1 aliphatic rings. The standard InChI is InChI=1S/C23H36N4O3/c1-3-4-5-6-7-8-11-20(25-17-28)23(30)26-19-14-13-18(2)27(16-21(19)29)22-12-9-10-15-24-22/h9-10,12,15,17-20H,3-8,11,13-14,16H2,1-2H3,(H,25,28)(H,26,30)/t18-,19+,20?/m1/s1. The van der Waals surface area contributed by atoms with Gasteiger partial charge in [-0.15, -0.1) is 0 Å². The van der Waals surface area contributed by atoms with Crippen LogP contribution in [0.25, 0.3) is 0 Å². The summed E-state index contributed by atoms with van der Waals surface area (Å²) in [4.78, 5) is 42.9. The first kappa shape index (κ1) is 23.8. The minimum absolute atomic E-state index is 0.0252. The average molecular weight is 417 g/mol. The molecule has 1 aromatic heterocycles. The fourth-order valence-electron chi connectivity index (χ4n) is 3.92. The van der Waals surface area contributed by atoms with Crippen molar-refractivity contribution in [3.05, 3.63) is 24.4 Å². The van der Waals surface area contributed by atoms with Gasteiger partial charge in [-0.2, -0.15) is 0 Å². The second kappa shape index (κ2) is 13.0. The van der Waals surface area contributed by atoms with E-state index in [1.165, 1.54) is 19.3 Å². The van der Waals surface area contributed by atoms with Crippen LogP contribution in [0.3, 0.4) is 0 Å². The molecule has 2 amide bonds. The zero-order chi connectivity index (χ0) is 21.8. The summed E-state index contributed by atoms with van der Waals surface area (Å²) >= 11 is 0. The Labute approximate surface area is 180 Å². The molecule has 7 nitrogen and oxygen atoms in total. The summed E-state index contributed by atoms with van der Waals surface area (Å²) in [6.45, 7) is 4.47. The normalized spacial score (nSPS) is 20.3. The summed E-state index contributed by atoms with van der Waals surface area (Å²) in [7, 11) is 0. The summed E-state index contributed by atoms with van der Waals surface area (Å²) in [6, 6.07) is 4.68. The minimum atomic E-state index is -0.589. The van der Waals surface area contributed by atoms with Crippen molar-refractivity contribution in [2.24, 2.45) is 0 Å². The Morgan fingerprint density at radius 1 is 1.23 bits per heavy atom. The molecular formula is C23H36N4O3. The van der Waals surface area contributed by atoms with Crippen molar-refractivity contribution in [2.45, 2.75) is 89.8 Å². The molecule has 0 saturated carbocycles. The van der Waals surface area contributed by atoms with Crippen LogP contribution in [0.2, 0.25) is 0 Å². The highest BCUT2D eigenvalue weighted by Crippen LogP contribution is 2.21. The van der Waals surface area contributed by atoms with E-state index < -0.39 is 12.1 Å². The number of hydrogen-bond acceptors (Lipinski definition) is 5. The lowest BCUT2D eigenvalue weighted by Gasteiger charge is -2.27. The van der Waals surface area contributed by atoms with Gasteiger partial charge in [-0.1, -0.05) is 51.5 Å². The lowest BCUT2D eigenvalue weighted by atomic mass is 10.0. The summed E-state index contributed by atoms with van der Waals surface area (Å²) in [5, 5.41) is 5.51. The van der Waals surface area contributed by atoms with Gasteiger partial charge in [0.15, 0.2) is 5.78 Å². The first-order chi connectivity index (χ1) is 14.6. The van der Waals surface area contributed by atoms with Crippen molar-refractivity contribution in [1.82, 2.24) is 15.6 Å². The highest BCUT2D eigenvalue weighted by molar-refractivity contribution is 5.94. The van der Waals surface area contributed by atoms with Gasteiger partial charge in [0.2, 0.25) is 12.3 Å². The highest BCUT2D eigenvalue weighted by Gasteiger charge is 2.31. The lowest BCUT2D eigenvalue weighted by molar-refractivity contribution is -0.129. The van der Waals surface area contributed by atoms with Gasteiger partial charge < -0.3 is 15.5 Å². The number of carbonyl (C=O) groups excluding carboxylic acids is 3. The molecule has 0 bridgehead atoms. The minimum Gasteiger partial charge on any atom is -0.347 e. The Morgan fingerprint density at radius 3 is 2.70 bits per heavy atom. The molecule has 1 unspecified atom stereocenters. The average Bonchev–Trinajstić information content (AvgIpc) is 2.89. The van der Waals surface area contributed by atoms with Crippen LogP contribution >= 0.6 is 0 Å². The van der Waals surface area contributed by atoms with Gasteiger partial charge in [0.05, 0.1) is 12.6 Å². The van der Waals surface area contributed by atoms with E-state index in [2.05, 4.69) is 29.5 Å². The molecule has 1 aromatic rings. The molecule has 0 radical (unpaired) electrons. The molecule has 2 heterocycles. The summed E-state index contributed by atoms with van der Waals surface area (Å²) < 4.78 is 0. The van der Waals surface area contributed by atoms with E-state index in [4.69, 9.17) is 0 Å². The van der Waals surface area contributed by atoms with Crippen LogP contribution in [0, 0.1) is 0 Å². The highest BCUT2D eigenvalue weighted by atomic mass is 16.2. The SMILES string of the molecule is CCCCCCCCC(NC=O)C(=O)N[C@H]1CC[C@@H](C)N(c2ccccn2)CC1=O. The number of pyridine rings is 1. The molecule has 7 heteroatoms. The number of nitrogens with one attached hydrogen (secondary N) is 2. The predicted octanol–water partition coefficient (Wildman–Crippen LogP) is 2.99. The van der Waals surface area contributed by atoms with Crippen LogP contribution in [0.15, 0.2) is 24.4 Å². The number of Topliss-reactive ketones (excluding diaryl/α,β-unsaturated/α-hetero) is 1. The fraction of sp³-hybridized carbons (Fsp3) is 0.652. The maximum absolute atomic E-state index is 12.8. The lowest BCUT2D eigenvalue weighted by Crippen LogP contribution is -2.50. The van der Waals surface area contributed by atoms with Gasteiger partial charge in [-0.3, -0.25) is 14.4 Å². The number of unbranched alkanes of at least 4 members (excludes halogenated alkanes) is 5. The Kier molecular flexibility index (Phi) is 10.3. The van der Waals surface area contributed by atoms with E-state index >= 15 is 0 Å². The first-order valence-corrected chi connectivity index (χ1v) is 11.3. The van der Waals surface area contributed by atoms with Crippen LogP contribution in [0.1, 0.15) is 71.6 Å². The predicted molar refractivity (Wildman–Crippen MR) is 118 cm³/mol. The second-order valence-electron chi connectivity index (χ2n) is 8.16. The number of hydrogen-bond donors (Lipinski definition) is 2. The number of carbonyl (C=O) groups is 3. The van der Waals surface area contributed by atoms with E-state index in [-0.39, 0.29) is 24.3 Å². The van der Waals surface area contributed by atoms with Crippen LogP contribution in [-0.2, 0) is 14.4 Å². The van der Waals surface area contributed by atoms with E-state index in [9.17, 15) is 14.4 Å². The molecule has 2 N–H and O–H groups in total. The van der Waals surface area contributed by atoms with Crippen molar-refractivity contribution in [3.63, 3.8) is 0 Å². The van der Waals surface area contributed by atoms with Crippen LogP contribution in [0.5, 0.6) is 0 Å². The largest absolute Gasteiger partial charge is 0.347 e. The summed E-state index contributed by atoms with van der Waals surface area (Å²) in [6.07, 6.45) is 10.9. The van der Waals surface area contributed by atoms with Gasteiger partial charge in [-0.25, -0.2) is 4.98 Å². The van der Waals surface area contributed by atoms with Gasteiger partial charge >= 0.3 is 0 Å². The Bertz CT molecular complexity index is 668. The summed E-state index contributed by atoms with van der Waals surface area (Å²) in [5.74, 6) is 0.476. The monoisotopic (exact) mass is 416 g/mol. The number of rotatable bonds is 12. The van der Waals surface area contributed by atoms with Crippen LogP contribution < -0.4 is 15.5 Å². The zero-order valence-corrected chi connectivity index (χ0v) is 18.3. The molecule has 3 atom stereocenters. The third kappa shape index (κ3) is 7.43. The van der Waals surface area contributed by atoms with Gasteiger partial charge in [0.1, 0.15) is 11.9 Å². The quantitative estimate of drug-likeness (QED) is 0.404. The van der Waals surface area contributed by atoms with Crippen molar-refractivity contribution in [2.75, 3.05) is 11.4 Å². The second-order valence-corrected chi connectivity index (χ2v) is 8.16. The molecule has 166 valence electrons. The number of aromatic nitrogens is 1. The van der Waals surface area contributed by atoms with E-state index in [0.29, 0.717) is 19.3 Å². The smallest absolute Gasteiger partial charge is 0.243 e. The van der Waals surface area contributed by atoms with Crippen LogP contribution in [0.4, 0.5) is 5.82 Å². The molecule has 30 heavy (non-hydrogen) atoms. The van der Waals surface area contributed by atoms with Crippen molar-refractivity contribution >= 4 is 23.9 Å². The maximum atomic E-state index is 12.8. The first-order valence-electron chi connectivity index (χ1n) is 11.3. The maximum Gasteiger partial charge on any atom is 0.243 e. The molecule has 1 fully saturated rings. The third-order valence-corrected chi connectivity index (χ3v) is 5.81. The van der Waals surface area contributed by atoms with Gasteiger partial charge in [0, 0.05) is 12.2 Å². The van der Waals surface area contributed by atoms with Crippen molar-refractivity contribution < 1.29 is 14.4 Å². The zero-order valence-electron chi connectivity index (χ0n) is 18.3. The van der Waals surface area contributed by atoms with Gasteiger partial charge in [0.25, 0.3) is 0 Å². The molecule has 1 aliphatic heterocycles. The van der Waals surface area contributed by atoms with E-state index in [0.717, 1.165) is 31.5 Å². The van der Waals surface area contributed by atoms with E-state index in [1.54, 1.807) is 6.20 Å². The van der Waals surface area contributed by atoms with Crippen molar-refractivity contribution in [1.29, 1.82) is 0 Å². The van der Waals surface area contributed by atoms with Crippen molar-refractivity contribution in [3.8, 4) is 0 Å². The molecular weight excluding hydrogens is 380 g/mol. The van der Waals surface area contributed by atoms with E-state index in [1.807, 2.05) is 23.1 Å². The molecule has 2 rings (SSSR count). The molecule has 1 saturated heterocycles. The Balaban J connectivity index is 1.90. The number of ketones is 1.